The summed E-state index contributed by atoms with van der Waals surface area (Å²) in [6, 6.07) is 11.0. The number of fused-ring (bicyclic) bond motifs is 1. The van der Waals surface area contributed by atoms with Gasteiger partial charge in [-0.3, -0.25) is 0 Å². The second-order valence-electron chi connectivity index (χ2n) is 4.66. The molecular weight excluding hydrogens is 265 g/mol. The van der Waals surface area contributed by atoms with Crippen LogP contribution in [0.1, 0.15) is 17.2 Å². The van der Waals surface area contributed by atoms with Crippen molar-refractivity contribution in [3.05, 3.63) is 58.4 Å². The van der Waals surface area contributed by atoms with Crippen LogP contribution < -0.4 is 10.1 Å². The monoisotopic (exact) mass is 277 g/mol. The zero-order valence-electron chi connectivity index (χ0n) is 10.4. The molecule has 4 heteroatoms. The fraction of sp³-hybridized carbons (Fsp3) is 0.200. The number of aryl methyl sites for hydroxylation is 1. The van der Waals surface area contributed by atoms with E-state index in [0.29, 0.717) is 12.3 Å². The fourth-order valence-corrected chi connectivity index (χ4v) is 2.38. The number of anilines is 1. The number of nitrogens with one attached hydrogen (secondary N) is 1. The summed E-state index contributed by atoms with van der Waals surface area (Å²) in [6.45, 7) is 2.67. The van der Waals surface area contributed by atoms with E-state index in [1.807, 2.05) is 25.1 Å². The van der Waals surface area contributed by atoms with Crippen molar-refractivity contribution in [1.82, 2.24) is 0 Å². The number of benzene rings is 2. The molecule has 0 saturated heterocycles. The lowest BCUT2D eigenvalue weighted by Crippen LogP contribution is -2.23. The van der Waals surface area contributed by atoms with E-state index < -0.39 is 5.82 Å². The summed E-state index contributed by atoms with van der Waals surface area (Å²) >= 11 is 5.75. The highest BCUT2D eigenvalue weighted by molar-refractivity contribution is 6.31. The molecule has 0 spiro atoms. The first-order chi connectivity index (χ1) is 9.13. The molecule has 98 valence electrons. The minimum absolute atomic E-state index is 0.101. The molecule has 19 heavy (non-hydrogen) atoms. The average molecular weight is 278 g/mol. The van der Waals surface area contributed by atoms with Gasteiger partial charge in [0.05, 0.1) is 17.3 Å². The molecule has 3 rings (SSSR count). The second kappa shape index (κ2) is 4.74. The number of ether oxygens (including phenoxy) is 1. The highest BCUT2D eigenvalue weighted by Gasteiger charge is 2.22. The Kier molecular flexibility index (Phi) is 3.07. The summed E-state index contributed by atoms with van der Waals surface area (Å²) in [5.41, 5.74) is 2.98. The lowest BCUT2D eigenvalue weighted by atomic mass is 10.1. The van der Waals surface area contributed by atoms with Crippen molar-refractivity contribution in [2.45, 2.75) is 13.0 Å². The molecule has 0 radical (unpaired) electrons. The number of hydrogen-bond donors (Lipinski definition) is 1. The van der Waals surface area contributed by atoms with Crippen LogP contribution >= 0.6 is 11.6 Å². The Hall–Kier alpha value is -1.74. The first-order valence-electron chi connectivity index (χ1n) is 6.09. The van der Waals surface area contributed by atoms with Crippen LogP contribution in [0.3, 0.4) is 0 Å². The van der Waals surface area contributed by atoms with Gasteiger partial charge < -0.3 is 10.1 Å². The summed E-state index contributed by atoms with van der Waals surface area (Å²) in [6.07, 6.45) is -0.118. The summed E-state index contributed by atoms with van der Waals surface area (Å²) in [4.78, 5) is 0. The maximum atomic E-state index is 13.5. The number of halogens is 2. The molecule has 1 atom stereocenters. The molecule has 1 heterocycles. The lowest BCUT2D eigenvalue weighted by molar-refractivity contribution is 0.209. The highest BCUT2D eigenvalue weighted by Crippen LogP contribution is 2.37. The third kappa shape index (κ3) is 2.38. The number of rotatable bonds is 1. The van der Waals surface area contributed by atoms with Crippen LogP contribution in [-0.2, 0) is 0 Å². The van der Waals surface area contributed by atoms with Crippen LogP contribution in [0.5, 0.6) is 5.75 Å². The smallest absolute Gasteiger partial charge is 0.146 e. The van der Waals surface area contributed by atoms with Crippen molar-refractivity contribution < 1.29 is 9.13 Å². The molecule has 1 aliphatic heterocycles. The largest absolute Gasteiger partial charge is 0.482 e. The Labute approximate surface area is 116 Å². The van der Waals surface area contributed by atoms with Gasteiger partial charge in [0.2, 0.25) is 0 Å². The van der Waals surface area contributed by atoms with Crippen LogP contribution in [0.4, 0.5) is 10.1 Å². The highest BCUT2D eigenvalue weighted by atomic mass is 35.5. The van der Waals surface area contributed by atoms with Crippen molar-refractivity contribution >= 4 is 17.3 Å². The van der Waals surface area contributed by atoms with Gasteiger partial charge in [-0.2, -0.15) is 0 Å². The summed E-state index contributed by atoms with van der Waals surface area (Å²) in [7, 11) is 0. The maximum Gasteiger partial charge on any atom is 0.146 e. The zero-order chi connectivity index (χ0) is 13.4. The standard InChI is InChI=1S/C15H13ClFNO/c1-9-3-2-4-10(5-9)15-8-18-13-6-11(16)12(17)7-14(13)19-15/h2-7,15,18H,8H2,1H3. The number of hydrogen-bond acceptors (Lipinski definition) is 2. The van der Waals surface area contributed by atoms with E-state index in [-0.39, 0.29) is 11.1 Å². The minimum atomic E-state index is -0.466. The maximum absolute atomic E-state index is 13.5. The average Bonchev–Trinajstić information content (AvgIpc) is 2.39. The molecular formula is C15H13ClFNO. The molecule has 0 bridgehead atoms. The third-order valence-corrected chi connectivity index (χ3v) is 3.47. The Bertz CT molecular complexity index is 630. The van der Waals surface area contributed by atoms with E-state index in [0.717, 1.165) is 11.3 Å². The van der Waals surface area contributed by atoms with Gasteiger partial charge in [-0.15, -0.1) is 0 Å². The van der Waals surface area contributed by atoms with Crippen LogP contribution in [0.2, 0.25) is 5.02 Å². The van der Waals surface area contributed by atoms with Crippen LogP contribution in [-0.4, -0.2) is 6.54 Å². The summed E-state index contributed by atoms with van der Waals surface area (Å²) < 4.78 is 19.3. The first-order valence-corrected chi connectivity index (χ1v) is 6.47. The fourth-order valence-electron chi connectivity index (χ4n) is 2.22. The predicted octanol–water partition coefficient (Wildman–Crippen LogP) is 4.33. The molecule has 1 N–H and O–H groups in total. The van der Waals surface area contributed by atoms with Gasteiger partial charge in [0.1, 0.15) is 17.7 Å². The van der Waals surface area contributed by atoms with E-state index >= 15 is 0 Å². The second-order valence-corrected chi connectivity index (χ2v) is 5.07. The van der Waals surface area contributed by atoms with Gasteiger partial charge in [-0.25, -0.2) is 4.39 Å². The summed E-state index contributed by atoms with van der Waals surface area (Å²) in [5, 5.41) is 3.32. The Balaban J connectivity index is 1.92. The van der Waals surface area contributed by atoms with Gasteiger partial charge >= 0.3 is 0 Å². The molecule has 2 aromatic rings. The summed E-state index contributed by atoms with van der Waals surface area (Å²) in [5.74, 6) is 0.0340. The molecule has 1 aliphatic rings. The van der Waals surface area contributed by atoms with Crippen LogP contribution in [0.15, 0.2) is 36.4 Å². The predicted molar refractivity (Wildman–Crippen MR) is 74.4 cm³/mol. The zero-order valence-corrected chi connectivity index (χ0v) is 11.2. The van der Waals surface area contributed by atoms with E-state index in [4.69, 9.17) is 16.3 Å². The van der Waals surface area contributed by atoms with Crippen molar-refractivity contribution in [3.63, 3.8) is 0 Å². The van der Waals surface area contributed by atoms with Gasteiger partial charge in [0, 0.05) is 6.07 Å². The molecule has 1 unspecified atom stereocenters. The lowest BCUT2D eigenvalue weighted by Gasteiger charge is -2.28. The van der Waals surface area contributed by atoms with Gasteiger partial charge in [-0.1, -0.05) is 41.4 Å². The van der Waals surface area contributed by atoms with Crippen molar-refractivity contribution in [2.24, 2.45) is 0 Å². The van der Waals surface area contributed by atoms with Gasteiger partial charge in [0.25, 0.3) is 0 Å². The van der Waals surface area contributed by atoms with Crippen molar-refractivity contribution in [2.75, 3.05) is 11.9 Å². The molecule has 0 saturated carbocycles. The molecule has 0 fully saturated rings. The third-order valence-electron chi connectivity index (χ3n) is 3.18. The molecule has 2 aromatic carbocycles. The topological polar surface area (TPSA) is 21.3 Å². The quantitative estimate of drug-likeness (QED) is 0.837. The van der Waals surface area contributed by atoms with Crippen LogP contribution in [0.25, 0.3) is 0 Å². The van der Waals surface area contributed by atoms with Crippen LogP contribution in [0, 0.1) is 12.7 Å². The van der Waals surface area contributed by atoms with E-state index in [1.165, 1.54) is 11.6 Å². The Morgan fingerprint density at radius 2 is 2.16 bits per heavy atom. The van der Waals surface area contributed by atoms with Gasteiger partial charge in [-0.05, 0) is 18.6 Å². The van der Waals surface area contributed by atoms with E-state index in [9.17, 15) is 4.39 Å². The molecule has 0 aromatic heterocycles. The van der Waals surface area contributed by atoms with Crippen molar-refractivity contribution in [3.8, 4) is 5.75 Å². The Morgan fingerprint density at radius 3 is 2.95 bits per heavy atom. The van der Waals surface area contributed by atoms with Crippen molar-refractivity contribution in [1.29, 1.82) is 0 Å². The first kappa shape index (κ1) is 12.3. The Morgan fingerprint density at radius 1 is 1.32 bits per heavy atom. The SMILES string of the molecule is Cc1cccc(C2CNc3cc(Cl)c(F)cc3O2)c1. The molecule has 0 aliphatic carbocycles. The van der Waals surface area contributed by atoms with Gasteiger partial charge in [0.15, 0.2) is 0 Å². The minimum Gasteiger partial charge on any atom is -0.482 e. The molecule has 0 amide bonds. The normalized spacial score (nSPS) is 17.3. The molecule has 2 nitrogen and oxygen atoms in total. The van der Waals surface area contributed by atoms with E-state index in [2.05, 4.69) is 11.4 Å². The van der Waals surface area contributed by atoms with E-state index in [1.54, 1.807) is 6.07 Å².